The Labute approximate surface area is 134 Å². The van der Waals surface area contributed by atoms with E-state index in [1.54, 1.807) is 56.8 Å². The SMILES string of the molecule is CN(C)C(=O)COc1cccc(NC(=O)NCc2ccco2)c1. The summed E-state index contributed by atoms with van der Waals surface area (Å²) in [7, 11) is 3.32. The fourth-order valence-electron chi connectivity index (χ4n) is 1.69. The number of nitrogens with one attached hydrogen (secondary N) is 2. The quantitative estimate of drug-likeness (QED) is 0.854. The molecule has 7 nitrogen and oxygen atoms in total. The van der Waals surface area contributed by atoms with Crippen molar-refractivity contribution < 1.29 is 18.7 Å². The van der Waals surface area contributed by atoms with Gasteiger partial charge in [-0.05, 0) is 24.3 Å². The molecule has 0 fully saturated rings. The first kappa shape index (κ1) is 16.4. The van der Waals surface area contributed by atoms with E-state index >= 15 is 0 Å². The number of furan rings is 1. The summed E-state index contributed by atoms with van der Waals surface area (Å²) in [6.45, 7) is 0.244. The lowest BCUT2D eigenvalue weighted by atomic mass is 10.3. The maximum Gasteiger partial charge on any atom is 0.319 e. The van der Waals surface area contributed by atoms with Crippen LogP contribution in [0.1, 0.15) is 5.76 Å². The molecule has 1 aromatic heterocycles. The van der Waals surface area contributed by atoms with Crippen LogP contribution in [-0.2, 0) is 11.3 Å². The van der Waals surface area contributed by atoms with Crippen LogP contribution >= 0.6 is 0 Å². The lowest BCUT2D eigenvalue weighted by Gasteiger charge is -2.12. The van der Waals surface area contributed by atoms with E-state index in [4.69, 9.17) is 9.15 Å². The summed E-state index contributed by atoms with van der Waals surface area (Å²) < 4.78 is 10.5. The van der Waals surface area contributed by atoms with Gasteiger partial charge in [-0.1, -0.05) is 6.07 Å². The third-order valence-corrected chi connectivity index (χ3v) is 2.96. The van der Waals surface area contributed by atoms with Crippen molar-refractivity contribution in [3.05, 3.63) is 48.4 Å². The highest BCUT2D eigenvalue weighted by Gasteiger charge is 2.07. The van der Waals surface area contributed by atoms with E-state index in [0.29, 0.717) is 23.7 Å². The first-order valence-corrected chi connectivity index (χ1v) is 7.05. The third kappa shape index (κ3) is 5.39. The van der Waals surface area contributed by atoms with Crippen molar-refractivity contribution in [1.29, 1.82) is 0 Å². The highest BCUT2D eigenvalue weighted by molar-refractivity contribution is 5.89. The molecule has 2 aromatic rings. The number of ether oxygens (including phenoxy) is 1. The molecule has 2 N–H and O–H groups in total. The number of carbonyl (C=O) groups is 2. The van der Waals surface area contributed by atoms with Gasteiger partial charge >= 0.3 is 6.03 Å². The number of carbonyl (C=O) groups excluding carboxylic acids is 2. The van der Waals surface area contributed by atoms with Crippen LogP contribution in [0.4, 0.5) is 10.5 Å². The molecule has 0 saturated carbocycles. The van der Waals surface area contributed by atoms with E-state index in [0.717, 1.165) is 0 Å². The van der Waals surface area contributed by atoms with Gasteiger partial charge < -0.3 is 24.7 Å². The fraction of sp³-hybridized carbons (Fsp3) is 0.250. The maximum absolute atomic E-state index is 11.8. The van der Waals surface area contributed by atoms with Crippen LogP contribution in [0, 0.1) is 0 Å². The molecule has 0 aliphatic rings. The molecule has 0 atom stereocenters. The number of nitrogens with zero attached hydrogens (tertiary/aromatic N) is 1. The zero-order valence-corrected chi connectivity index (χ0v) is 13.0. The van der Waals surface area contributed by atoms with Crippen molar-refractivity contribution in [2.45, 2.75) is 6.54 Å². The summed E-state index contributed by atoms with van der Waals surface area (Å²) in [6.07, 6.45) is 1.55. The van der Waals surface area contributed by atoms with Crippen LogP contribution in [0.2, 0.25) is 0 Å². The minimum atomic E-state index is -0.358. The van der Waals surface area contributed by atoms with Crippen LogP contribution in [0.15, 0.2) is 47.1 Å². The van der Waals surface area contributed by atoms with E-state index < -0.39 is 0 Å². The number of benzene rings is 1. The summed E-state index contributed by atoms with van der Waals surface area (Å²) >= 11 is 0. The van der Waals surface area contributed by atoms with Gasteiger partial charge in [-0.15, -0.1) is 0 Å². The summed E-state index contributed by atoms with van der Waals surface area (Å²) in [5, 5.41) is 5.36. The van der Waals surface area contributed by atoms with Gasteiger partial charge in [0.25, 0.3) is 5.91 Å². The predicted molar refractivity (Wildman–Crippen MR) is 85.2 cm³/mol. The van der Waals surface area contributed by atoms with E-state index in [1.807, 2.05) is 0 Å². The number of amides is 3. The first-order valence-electron chi connectivity index (χ1n) is 7.05. The van der Waals surface area contributed by atoms with Crippen molar-refractivity contribution >= 4 is 17.6 Å². The fourth-order valence-corrected chi connectivity index (χ4v) is 1.69. The molecule has 2 rings (SSSR count). The summed E-state index contributed by atoms with van der Waals surface area (Å²) in [6, 6.07) is 10.00. The zero-order valence-electron chi connectivity index (χ0n) is 13.0. The molecule has 0 saturated heterocycles. The van der Waals surface area contributed by atoms with Crippen LogP contribution < -0.4 is 15.4 Å². The molecular formula is C16H19N3O4. The summed E-state index contributed by atoms with van der Waals surface area (Å²) in [4.78, 5) is 24.7. The molecule has 122 valence electrons. The Morgan fingerprint density at radius 1 is 1.22 bits per heavy atom. The second-order valence-electron chi connectivity index (χ2n) is 4.99. The smallest absolute Gasteiger partial charge is 0.319 e. The van der Waals surface area contributed by atoms with E-state index in [1.165, 1.54) is 4.90 Å². The van der Waals surface area contributed by atoms with E-state index in [-0.39, 0.29) is 18.5 Å². The van der Waals surface area contributed by atoms with Crippen LogP contribution in [0.25, 0.3) is 0 Å². The molecule has 0 aliphatic carbocycles. The molecular weight excluding hydrogens is 298 g/mol. The van der Waals surface area contributed by atoms with Crippen molar-refractivity contribution in [2.24, 2.45) is 0 Å². The van der Waals surface area contributed by atoms with Gasteiger partial charge in [-0.2, -0.15) is 0 Å². The number of likely N-dealkylation sites (N-methyl/N-ethyl adjacent to an activating group) is 1. The molecule has 0 spiro atoms. The summed E-state index contributed by atoms with van der Waals surface area (Å²) in [5.41, 5.74) is 0.566. The average molecular weight is 317 g/mol. The number of urea groups is 1. The normalized spacial score (nSPS) is 10.0. The summed E-state index contributed by atoms with van der Waals surface area (Å²) in [5.74, 6) is 1.03. The monoisotopic (exact) mass is 317 g/mol. The zero-order chi connectivity index (χ0) is 16.7. The molecule has 3 amide bonds. The van der Waals surface area contributed by atoms with Crippen LogP contribution in [-0.4, -0.2) is 37.5 Å². The Balaban J connectivity index is 1.84. The van der Waals surface area contributed by atoms with Gasteiger partial charge in [0.15, 0.2) is 6.61 Å². The molecule has 7 heteroatoms. The first-order chi connectivity index (χ1) is 11.0. The van der Waals surface area contributed by atoms with Crippen LogP contribution in [0.3, 0.4) is 0 Å². The third-order valence-electron chi connectivity index (χ3n) is 2.96. The van der Waals surface area contributed by atoms with Crippen molar-refractivity contribution in [1.82, 2.24) is 10.2 Å². The van der Waals surface area contributed by atoms with Crippen molar-refractivity contribution in [3.8, 4) is 5.75 Å². The highest BCUT2D eigenvalue weighted by Crippen LogP contribution is 2.17. The second-order valence-corrected chi connectivity index (χ2v) is 4.99. The molecule has 0 radical (unpaired) electrons. The molecule has 0 unspecified atom stereocenters. The minimum absolute atomic E-state index is 0.0544. The topological polar surface area (TPSA) is 83.8 Å². The van der Waals surface area contributed by atoms with Gasteiger partial charge in [0.2, 0.25) is 0 Å². The number of hydrogen-bond donors (Lipinski definition) is 2. The Morgan fingerprint density at radius 3 is 2.74 bits per heavy atom. The minimum Gasteiger partial charge on any atom is -0.484 e. The largest absolute Gasteiger partial charge is 0.484 e. The lowest BCUT2D eigenvalue weighted by Crippen LogP contribution is -2.28. The molecule has 23 heavy (non-hydrogen) atoms. The van der Waals surface area contributed by atoms with Gasteiger partial charge in [-0.3, -0.25) is 4.79 Å². The number of rotatable bonds is 6. The van der Waals surface area contributed by atoms with Crippen molar-refractivity contribution in [2.75, 3.05) is 26.0 Å². The van der Waals surface area contributed by atoms with Crippen molar-refractivity contribution in [3.63, 3.8) is 0 Å². The number of hydrogen-bond acceptors (Lipinski definition) is 4. The van der Waals surface area contributed by atoms with Gasteiger partial charge in [0, 0.05) is 25.8 Å². The Morgan fingerprint density at radius 2 is 2.04 bits per heavy atom. The van der Waals surface area contributed by atoms with Gasteiger partial charge in [-0.25, -0.2) is 4.79 Å². The lowest BCUT2D eigenvalue weighted by molar-refractivity contribution is -0.130. The average Bonchev–Trinajstić information content (AvgIpc) is 3.04. The molecule has 1 aromatic carbocycles. The molecule has 0 bridgehead atoms. The highest BCUT2D eigenvalue weighted by atomic mass is 16.5. The van der Waals surface area contributed by atoms with E-state index in [2.05, 4.69) is 10.6 Å². The Hall–Kier alpha value is -2.96. The maximum atomic E-state index is 11.8. The Kier molecular flexibility index (Phi) is 5.62. The van der Waals surface area contributed by atoms with Gasteiger partial charge in [0.05, 0.1) is 12.8 Å². The van der Waals surface area contributed by atoms with Gasteiger partial charge in [0.1, 0.15) is 11.5 Å². The molecule has 1 heterocycles. The number of anilines is 1. The second kappa shape index (κ2) is 7.88. The molecule has 0 aliphatic heterocycles. The van der Waals surface area contributed by atoms with Crippen LogP contribution in [0.5, 0.6) is 5.75 Å². The standard InChI is InChI=1S/C16H19N3O4/c1-19(2)15(20)11-23-13-6-3-5-12(9-13)18-16(21)17-10-14-7-4-8-22-14/h3-9H,10-11H2,1-2H3,(H2,17,18,21). The predicted octanol–water partition coefficient (Wildman–Crippen LogP) is 2.07. The Bertz CT molecular complexity index is 653. The van der Waals surface area contributed by atoms with E-state index in [9.17, 15) is 9.59 Å².